The highest BCUT2D eigenvalue weighted by Crippen LogP contribution is 2.41. The predicted octanol–water partition coefficient (Wildman–Crippen LogP) is 3.78. The van der Waals surface area contributed by atoms with Gasteiger partial charge in [0.05, 0.1) is 20.9 Å². The Morgan fingerprint density at radius 1 is 1.33 bits per heavy atom. The molecule has 1 aliphatic heterocycles. The lowest BCUT2D eigenvalue weighted by Gasteiger charge is -2.20. The van der Waals surface area contributed by atoms with E-state index in [0.29, 0.717) is 0 Å². The lowest BCUT2D eigenvalue weighted by molar-refractivity contribution is 0.493. The number of rotatable bonds is 5. The van der Waals surface area contributed by atoms with Gasteiger partial charge in [0.15, 0.2) is 0 Å². The molecule has 1 aromatic rings. The Bertz CT molecular complexity index is 449. The first-order valence-corrected chi connectivity index (χ1v) is 8.63. The van der Waals surface area contributed by atoms with E-state index in [1.54, 1.807) is 0 Å². The molecule has 0 bridgehead atoms. The molecule has 2 nitrogen and oxygen atoms in total. The predicted molar refractivity (Wildman–Crippen MR) is 80.3 cm³/mol. The highest BCUT2D eigenvalue weighted by Gasteiger charge is 2.38. The summed E-state index contributed by atoms with van der Waals surface area (Å²) in [5.41, 5.74) is 1.22. The van der Waals surface area contributed by atoms with Crippen LogP contribution < -0.4 is 5.32 Å². The van der Waals surface area contributed by atoms with Crippen LogP contribution in [-0.4, -0.2) is 16.0 Å². The maximum atomic E-state index is 12.6. The molecule has 1 N–H and O–H groups in total. The Morgan fingerprint density at radius 2 is 2.11 bits per heavy atom. The van der Waals surface area contributed by atoms with Gasteiger partial charge in [-0.2, -0.15) is 0 Å². The third kappa shape index (κ3) is 2.56. The van der Waals surface area contributed by atoms with Crippen molar-refractivity contribution in [3.8, 4) is 0 Å². The minimum Gasteiger partial charge on any atom is -0.309 e. The zero-order valence-corrected chi connectivity index (χ0v) is 13.3. The van der Waals surface area contributed by atoms with Crippen molar-refractivity contribution in [3.63, 3.8) is 0 Å². The molecule has 0 spiro atoms. The Hall–Kier alpha value is -0.190. The molecule has 1 aromatic carbocycles. The molecule has 0 saturated heterocycles. The van der Waals surface area contributed by atoms with Crippen LogP contribution in [0.1, 0.15) is 44.7 Å². The summed E-state index contributed by atoms with van der Waals surface area (Å²) in [6, 6.07) is 6.39. The van der Waals surface area contributed by atoms with Gasteiger partial charge >= 0.3 is 0 Å². The number of hydrogen-bond donors (Lipinski definition) is 1. The van der Waals surface area contributed by atoms with Crippen molar-refractivity contribution < 1.29 is 4.21 Å². The SMILES string of the molecule is CCCNC1c2cccc(Br)c2S(=O)C1CCC. The van der Waals surface area contributed by atoms with Crippen molar-refractivity contribution >= 4 is 26.7 Å². The second-order valence-electron chi connectivity index (χ2n) is 4.71. The van der Waals surface area contributed by atoms with E-state index in [1.807, 2.05) is 12.1 Å². The highest BCUT2D eigenvalue weighted by atomic mass is 79.9. The van der Waals surface area contributed by atoms with Crippen LogP contribution in [0.25, 0.3) is 0 Å². The Morgan fingerprint density at radius 3 is 2.78 bits per heavy atom. The fourth-order valence-corrected chi connectivity index (χ4v) is 5.35. The molecule has 0 aliphatic carbocycles. The normalized spacial score (nSPS) is 26.3. The number of nitrogens with one attached hydrogen (secondary N) is 1. The Labute approximate surface area is 120 Å². The maximum absolute atomic E-state index is 12.6. The van der Waals surface area contributed by atoms with Crippen LogP contribution >= 0.6 is 15.9 Å². The molecule has 18 heavy (non-hydrogen) atoms. The summed E-state index contributed by atoms with van der Waals surface area (Å²) >= 11 is 3.54. The Kier molecular flexibility index (Phi) is 4.98. The third-order valence-electron chi connectivity index (χ3n) is 3.37. The minimum atomic E-state index is -0.890. The minimum absolute atomic E-state index is 0.218. The summed E-state index contributed by atoms with van der Waals surface area (Å²) < 4.78 is 13.6. The summed E-state index contributed by atoms with van der Waals surface area (Å²) in [7, 11) is -0.890. The highest BCUT2D eigenvalue weighted by molar-refractivity contribution is 9.10. The molecule has 3 atom stereocenters. The number of benzene rings is 1. The summed E-state index contributed by atoms with van der Waals surface area (Å²) in [5, 5.41) is 3.78. The lowest BCUT2D eigenvalue weighted by Crippen LogP contribution is -2.30. The molecule has 2 rings (SSSR count). The van der Waals surface area contributed by atoms with Crippen LogP contribution in [0, 0.1) is 0 Å². The van der Waals surface area contributed by atoms with Gasteiger partial charge < -0.3 is 5.32 Å². The molecule has 1 heterocycles. The van der Waals surface area contributed by atoms with Crippen molar-refractivity contribution in [3.05, 3.63) is 28.2 Å². The van der Waals surface area contributed by atoms with Gasteiger partial charge in [0.1, 0.15) is 0 Å². The molecule has 0 saturated carbocycles. The van der Waals surface area contributed by atoms with Crippen LogP contribution in [0.5, 0.6) is 0 Å². The first-order valence-electron chi connectivity index (χ1n) is 6.63. The van der Waals surface area contributed by atoms with E-state index in [9.17, 15) is 4.21 Å². The van der Waals surface area contributed by atoms with Gasteiger partial charge in [-0.05, 0) is 46.9 Å². The molecule has 0 amide bonds. The zero-order valence-electron chi connectivity index (χ0n) is 10.9. The maximum Gasteiger partial charge on any atom is 0.0595 e. The van der Waals surface area contributed by atoms with E-state index in [4.69, 9.17) is 0 Å². The average Bonchev–Trinajstić information content (AvgIpc) is 2.62. The zero-order chi connectivity index (χ0) is 13.1. The van der Waals surface area contributed by atoms with Crippen molar-refractivity contribution in [1.82, 2.24) is 5.32 Å². The fraction of sp³-hybridized carbons (Fsp3) is 0.571. The van der Waals surface area contributed by atoms with Crippen LogP contribution in [0.2, 0.25) is 0 Å². The topological polar surface area (TPSA) is 29.1 Å². The average molecular weight is 330 g/mol. The van der Waals surface area contributed by atoms with Crippen molar-refractivity contribution in [2.45, 2.75) is 49.3 Å². The van der Waals surface area contributed by atoms with Gasteiger partial charge in [0.2, 0.25) is 0 Å². The summed E-state index contributed by atoms with van der Waals surface area (Å²) in [4.78, 5) is 1.00. The van der Waals surface area contributed by atoms with Gasteiger partial charge in [0, 0.05) is 10.5 Å². The summed E-state index contributed by atoms with van der Waals surface area (Å²) in [6.07, 6.45) is 3.19. The van der Waals surface area contributed by atoms with Crippen LogP contribution in [-0.2, 0) is 10.8 Å². The number of fused-ring (bicyclic) bond motifs is 1. The molecular weight excluding hydrogens is 310 g/mol. The molecule has 0 aromatic heterocycles. The smallest absolute Gasteiger partial charge is 0.0595 e. The van der Waals surface area contributed by atoms with E-state index in [1.165, 1.54) is 5.56 Å². The molecule has 0 fully saturated rings. The van der Waals surface area contributed by atoms with Crippen molar-refractivity contribution in [2.24, 2.45) is 0 Å². The molecule has 100 valence electrons. The monoisotopic (exact) mass is 329 g/mol. The van der Waals surface area contributed by atoms with E-state index in [-0.39, 0.29) is 11.3 Å². The van der Waals surface area contributed by atoms with E-state index in [2.05, 4.69) is 41.2 Å². The molecule has 3 unspecified atom stereocenters. The van der Waals surface area contributed by atoms with Gasteiger partial charge in [-0.1, -0.05) is 32.4 Å². The molecule has 0 radical (unpaired) electrons. The second kappa shape index (κ2) is 6.31. The Balaban J connectivity index is 2.36. The second-order valence-corrected chi connectivity index (χ2v) is 7.18. The van der Waals surface area contributed by atoms with Crippen LogP contribution in [0.4, 0.5) is 0 Å². The quantitative estimate of drug-likeness (QED) is 0.890. The van der Waals surface area contributed by atoms with Gasteiger partial charge in [-0.25, -0.2) is 0 Å². The molecular formula is C14H20BrNOS. The van der Waals surface area contributed by atoms with Gasteiger partial charge in [-0.3, -0.25) is 4.21 Å². The van der Waals surface area contributed by atoms with Crippen molar-refractivity contribution in [1.29, 1.82) is 0 Å². The lowest BCUT2D eigenvalue weighted by atomic mass is 10.0. The molecule has 1 aliphatic rings. The third-order valence-corrected chi connectivity index (χ3v) is 6.21. The number of halogens is 1. The summed E-state index contributed by atoms with van der Waals surface area (Å²) in [6.45, 7) is 5.30. The van der Waals surface area contributed by atoms with E-state index < -0.39 is 10.8 Å². The largest absolute Gasteiger partial charge is 0.309 e. The van der Waals surface area contributed by atoms with Crippen LogP contribution in [0.3, 0.4) is 0 Å². The van der Waals surface area contributed by atoms with Crippen LogP contribution in [0.15, 0.2) is 27.6 Å². The van der Waals surface area contributed by atoms with E-state index in [0.717, 1.165) is 35.2 Å². The van der Waals surface area contributed by atoms with E-state index >= 15 is 0 Å². The fourth-order valence-electron chi connectivity index (χ4n) is 2.56. The first-order chi connectivity index (χ1) is 8.70. The summed E-state index contributed by atoms with van der Waals surface area (Å²) in [5.74, 6) is 0. The van der Waals surface area contributed by atoms with Gasteiger partial charge in [0.25, 0.3) is 0 Å². The number of hydrogen-bond acceptors (Lipinski definition) is 2. The van der Waals surface area contributed by atoms with Gasteiger partial charge in [-0.15, -0.1) is 0 Å². The molecule has 4 heteroatoms. The standard InChI is InChI=1S/C14H20BrNOS/c1-3-6-12-13(16-9-4-2)10-7-5-8-11(15)14(10)18(12)17/h5,7-8,12-13,16H,3-4,6,9H2,1-2H3. The van der Waals surface area contributed by atoms with Crippen molar-refractivity contribution in [2.75, 3.05) is 6.54 Å². The first kappa shape index (κ1) is 14.2.